The highest BCUT2D eigenvalue weighted by Gasteiger charge is 2.55. The van der Waals surface area contributed by atoms with Gasteiger partial charge in [0.1, 0.15) is 24.5 Å². The van der Waals surface area contributed by atoms with Crippen LogP contribution in [0.2, 0.25) is 23.7 Å². The maximum Gasteiger partial charge on any atom is 0.332 e. The molecule has 36 heavy (non-hydrogen) atoms. The van der Waals surface area contributed by atoms with Crippen LogP contribution in [0.4, 0.5) is 0 Å². The number of H-pyrrole nitrogens is 1. The van der Waals surface area contributed by atoms with Crippen molar-refractivity contribution < 1.29 is 22.8 Å². The summed E-state index contributed by atoms with van der Waals surface area (Å²) in [6.45, 7) is 10.9. The first kappa shape index (κ1) is 29.0. The van der Waals surface area contributed by atoms with E-state index in [-0.39, 0.29) is 24.4 Å². The minimum absolute atomic E-state index is 0.101. The number of nitrogens with zero attached hydrogens (tertiary/aromatic N) is 1. The predicted octanol–water partition coefficient (Wildman–Crippen LogP) is 3.51. The lowest BCUT2D eigenvalue weighted by Gasteiger charge is -2.47. The van der Waals surface area contributed by atoms with Gasteiger partial charge in [-0.2, -0.15) is 0 Å². The maximum absolute atomic E-state index is 12.7. The Hall–Kier alpha value is -1.53. The molecule has 0 radical (unpaired) electrons. The van der Waals surface area contributed by atoms with Crippen LogP contribution < -0.4 is 11.2 Å². The van der Waals surface area contributed by atoms with Crippen molar-refractivity contribution in [1.29, 1.82) is 0 Å². The lowest BCUT2D eigenvalue weighted by molar-refractivity contribution is -0.0549. The molecule has 2 aliphatic heterocycles. The number of aromatic amines is 1. The van der Waals surface area contributed by atoms with Gasteiger partial charge < -0.3 is 22.8 Å². The highest BCUT2D eigenvalue weighted by atomic mass is 28.5. The SMILES string of the molecule is CCC[Si]1(CCC)OC2CC(n3cc(C#CCO)c(=O)[nH]c3=O)OC2CO[Si](CCC)(C(C)CC)O1. The third-order valence-electron chi connectivity index (χ3n) is 7.20. The van der Waals surface area contributed by atoms with Crippen LogP contribution in [0.3, 0.4) is 0 Å². The summed E-state index contributed by atoms with van der Waals surface area (Å²) < 4.78 is 28.7. The Labute approximate surface area is 216 Å². The molecule has 5 unspecified atom stereocenters. The Balaban J connectivity index is 2.00. The largest absolute Gasteiger partial charge is 0.414 e. The first-order chi connectivity index (χ1) is 17.3. The minimum atomic E-state index is -2.62. The van der Waals surface area contributed by atoms with Crippen molar-refractivity contribution in [2.75, 3.05) is 13.2 Å². The van der Waals surface area contributed by atoms with E-state index in [0.29, 0.717) is 18.6 Å². The summed E-state index contributed by atoms with van der Waals surface area (Å²) in [7, 11) is -5.21. The molecule has 0 aromatic carbocycles. The Morgan fingerprint density at radius 3 is 2.44 bits per heavy atom. The summed E-state index contributed by atoms with van der Waals surface area (Å²) >= 11 is 0. The van der Waals surface area contributed by atoms with Crippen molar-refractivity contribution >= 4 is 17.1 Å². The van der Waals surface area contributed by atoms with Crippen LogP contribution in [0.25, 0.3) is 0 Å². The first-order valence-electron chi connectivity index (χ1n) is 13.4. The van der Waals surface area contributed by atoms with Crippen molar-refractivity contribution in [2.24, 2.45) is 0 Å². The van der Waals surface area contributed by atoms with E-state index in [1.54, 1.807) is 0 Å². The van der Waals surface area contributed by atoms with Crippen LogP contribution >= 0.6 is 0 Å². The lowest BCUT2D eigenvalue weighted by Crippen LogP contribution is -2.61. The molecule has 0 saturated carbocycles. The monoisotopic (exact) mass is 538 g/mol. The molecule has 11 heteroatoms. The molecule has 0 spiro atoms. The quantitative estimate of drug-likeness (QED) is 0.365. The lowest BCUT2D eigenvalue weighted by atomic mass is 10.2. The molecule has 2 N–H and O–H groups in total. The number of aliphatic hydroxyl groups excluding tert-OH is 1. The summed E-state index contributed by atoms with van der Waals surface area (Å²) in [5.74, 6) is 5.07. The van der Waals surface area contributed by atoms with Crippen LogP contribution in [0.5, 0.6) is 0 Å². The molecule has 2 aliphatic rings. The number of aliphatic hydroxyl groups is 1. The van der Waals surface area contributed by atoms with Gasteiger partial charge in [-0.3, -0.25) is 14.3 Å². The van der Waals surface area contributed by atoms with Gasteiger partial charge in [-0.1, -0.05) is 72.1 Å². The van der Waals surface area contributed by atoms with Gasteiger partial charge in [-0.15, -0.1) is 0 Å². The molecule has 5 atom stereocenters. The van der Waals surface area contributed by atoms with E-state index in [4.69, 9.17) is 22.8 Å². The maximum atomic E-state index is 12.7. The minimum Gasteiger partial charge on any atom is -0.414 e. The predicted molar refractivity (Wildman–Crippen MR) is 142 cm³/mol. The highest BCUT2D eigenvalue weighted by Crippen LogP contribution is 2.43. The molecule has 9 nitrogen and oxygen atoms in total. The third kappa shape index (κ3) is 6.30. The first-order valence-corrected chi connectivity index (χ1v) is 17.7. The van der Waals surface area contributed by atoms with Gasteiger partial charge in [-0.05, 0) is 23.7 Å². The van der Waals surface area contributed by atoms with Gasteiger partial charge in [0.15, 0.2) is 0 Å². The topological polar surface area (TPSA) is 112 Å². The van der Waals surface area contributed by atoms with E-state index in [2.05, 4.69) is 51.4 Å². The van der Waals surface area contributed by atoms with Crippen LogP contribution in [-0.4, -0.2) is 57.2 Å². The number of nitrogens with one attached hydrogen (secondary N) is 1. The van der Waals surface area contributed by atoms with Gasteiger partial charge in [0.05, 0.1) is 12.7 Å². The number of hydrogen-bond donors (Lipinski definition) is 2. The molecule has 3 rings (SSSR count). The average Bonchev–Trinajstić information content (AvgIpc) is 3.22. The van der Waals surface area contributed by atoms with Crippen LogP contribution in [-0.2, 0) is 17.7 Å². The van der Waals surface area contributed by atoms with Crippen molar-refractivity contribution in [1.82, 2.24) is 9.55 Å². The van der Waals surface area contributed by atoms with E-state index >= 15 is 0 Å². The molecular formula is C25H42N2O7Si2. The summed E-state index contributed by atoms with van der Waals surface area (Å²) in [5.41, 5.74) is -0.727. The zero-order chi connectivity index (χ0) is 26.3. The van der Waals surface area contributed by atoms with E-state index < -0.39 is 34.6 Å². The van der Waals surface area contributed by atoms with Crippen molar-refractivity contribution in [3.63, 3.8) is 0 Å². The standard InChI is InChI=1S/C25H42N2O7Si2/c1-6-13-35(14-7-2)33-21-16-23(27-17-20(11-10-12-28)24(29)26-25(27)30)32-22(21)18-31-36(34-35,15-8-3)19(5)9-4/h17,19,21-23,28H,6-9,12-16,18H2,1-5H3,(H,26,29,30). The van der Waals surface area contributed by atoms with E-state index in [0.717, 1.165) is 43.8 Å². The second-order valence-electron chi connectivity index (χ2n) is 9.89. The van der Waals surface area contributed by atoms with E-state index in [1.165, 1.54) is 10.8 Å². The van der Waals surface area contributed by atoms with Gasteiger partial charge in [-0.25, -0.2) is 4.79 Å². The number of rotatable bonds is 9. The Kier molecular flexibility index (Phi) is 10.3. The molecule has 0 aliphatic carbocycles. The normalized spacial score (nSPS) is 28.4. The molecule has 2 fully saturated rings. The van der Waals surface area contributed by atoms with Crippen LogP contribution in [0.1, 0.15) is 78.5 Å². The molecule has 0 bridgehead atoms. The third-order valence-corrected chi connectivity index (χ3v) is 17.1. The molecule has 0 amide bonds. The molecule has 202 valence electrons. The van der Waals surface area contributed by atoms with Crippen molar-refractivity contribution in [3.05, 3.63) is 32.6 Å². The summed E-state index contributed by atoms with van der Waals surface area (Å²) in [6.07, 6.45) is 4.54. The Morgan fingerprint density at radius 2 is 1.83 bits per heavy atom. The Bertz CT molecular complexity index is 1040. The molecule has 1 aromatic heterocycles. The van der Waals surface area contributed by atoms with Crippen LogP contribution in [0.15, 0.2) is 15.8 Å². The van der Waals surface area contributed by atoms with Gasteiger partial charge >= 0.3 is 22.8 Å². The molecule has 2 saturated heterocycles. The number of ether oxygens (including phenoxy) is 1. The Morgan fingerprint density at radius 1 is 1.14 bits per heavy atom. The number of hydrogen-bond acceptors (Lipinski definition) is 7. The smallest absolute Gasteiger partial charge is 0.332 e. The van der Waals surface area contributed by atoms with Crippen LogP contribution in [0, 0.1) is 11.8 Å². The zero-order valence-electron chi connectivity index (χ0n) is 22.3. The zero-order valence-corrected chi connectivity index (χ0v) is 24.3. The summed E-state index contributed by atoms with van der Waals surface area (Å²) in [4.78, 5) is 27.2. The van der Waals surface area contributed by atoms with E-state index in [1.807, 2.05) is 0 Å². The molecular weight excluding hydrogens is 496 g/mol. The number of fused-ring (bicyclic) bond motifs is 1. The molecule has 1 aromatic rings. The fourth-order valence-corrected chi connectivity index (χ4v) is 15.8. The fraction of sp³-hybridized carbons (Fsp3) is 0.760. The van der Waals surface area contributed by atoms with Gasteiger partial charge in [0, 0.05) is 12.6 Å². The summed E-state index contributed by atoms with van der Waals surface area (Å²) in [5, 5.41) is 9.01. The van der Waals surface area contributed by atoms with Gasteiger partial charge in [0.2, 0.25) is 0 Å². The average molecular weight is 539 g/mol. The second-order valence-corrected chi connectivity index (χ2v) is 17.2. The summed E-state index contributed by atoms with van der Waals surface area (Å²) in [6, 6.07) is 2.71. The van der Waals surface area contributed by atoms with Gasteiger partial charge in [0.25, 0.3) is 5.56 Å². The fourth-order valence-electron chi connectivity index (χ4n) is 5.31. The molecule has 3 heterocycles. The van der Waals surface area contributed by atoms with Crippen molar-refractivity contribution in [3.8, 4) is 11.8 Å². The highest BCUT2D eigenvalue weighted by molar-refractivity contribution is 6.82. The van der Waals surface area contributed by atoms with Crippen molar-refractivity contribution in [2.45, 2.75) is 109 Å². The number of aromatic nitrogens is 2. The van der Waals surface area contributed by atoms with E-state index in [9.17, 15) is 9.59 Å². The second kappa shape index (κ2) is 12.8.